The fourth-order valence-electron chi connectivity index (χ4n) is 2.60. The average molecular weight is 289 g/mol. The maximum absolute atomic E-state index is 12.3. The Balaban J connectivity index is 1.90. The molecule has 0 aliphatic carbocycles. The number of likely N-dealkylation sites (tertiary alicyclic amines) is 1. The van der Waals surface area contributed by atoms with Crippen LogP contribution >= 0.6 is 0 Å². The van der Waals surface area contributed by atoms with Crippen LogP contribution in [0.5, 0.6) is 5.75 Å². The smallest absolute Gasteiger partial charge is 0.263 e. The van der Waals surface area contributed by atoms with E-state index < -0.39 is 6.10 Å². The molecule has 1 heterocycles. The summed E-state index contributed by atoms with van der Waals surface area (Å²) in [4.78, 5) is 25.2. The molecule has 114 valence electrons. The summed E-state index contributed by atoms with van der Waals surface area (Å²) in [7, 11) is 0. The van der Waals surface area contributed by atoms with Gasteiger partial charge >= 0.3 is 0 Å². The van der Waals surface area contributed by atoms with Gasteiger partial charge in [0.25, 0.3) is 5.91 Å². The highest BCUT2D eigenvalue weighted by Gasteiger charge is 2.23. The largest absolute Gasteiger partial charge is 0.481 e. The second-order valence-electron chi connectivity index (χ2n) is 5.67. The summed E-state index contributed by atoms with van der Waals surface area (Å²) in [6, 6.07) is 7.38. The first kappa shape index (κ1) is 15.5. The van der Waals surface area contributed by atoms with E-state index in [1.54, 1.807) is 13.8 Å². The van der Waals surface area contributed by atoms with Crippen molar-refractivity contribution in [3.05, 3.63) is 29.8 Å². The van der Waals surface area contributed by atoms with E-state index in [1.165, 1.54) is 6.42 Å². The highest BCUT2D eigenvalue weighted by atomic mass is 16.5. The Bertz CT molecular complexity index is 489. The fourth-order valence-corrected chi connectivity index (χ4v) is 2.60. The molecule has 0 spiro atoms. The Hall–Kier alpha value is -1.84. The number of carbonyl (C=O) groups excluding carboxylic acids is 2. The van der Waals surface area contributed by atoms with Gasteiger partial charge in [0.05, 0.1) is 0 Å². The number of Topliss-reactive ketones (excluding diaryl/α,β-unsaturated/α-hetero) is 1. The minimum absolute atomic E-state index is 0.0579. The molecule has 0 aromatic heterocycles. The highest BCUT2D eigenvalue weighted by molar-refractivity contribution is 5.81. The highest BCUT2D eigenvalue weighted by Crippen LogP contribution is 2.17. The van der Waals surface area contributed by atoms with Crippen molar-refractivity contribution in [3.8, 4) is 5.75 Å². The number of ketones is 1. The lowest BCUT2D eigenvalue weighted by atomic mass is 10.1. The number of amides is 1. The molecule has 1 unspecified atom stereocenters. The van der Waals surface area contributed by atoms with E-state index in [-0.39, 0.29) is 11.7 Å². The molecule has 1 aromatic rings. The zero-order valence-electron chi connectivity index (χ0n) is 12.8. The van der Waals surface area contributed by atoms with Gasteiger partial charge in [-0.05, 0) is 50.8 Å². The van der Waals surface area contributed by atoms with Crippen LogP contribution in [0.1, 0.15) is 38.7 Å². The summed E-state index contributed by atoms with van der Waals surface area (Å²) in [6.45, 7) is 5.04. The SMILES string of the molecule is CC(=O)Cc1ccc(OC(C)C(=O)N2CCCCC2)cc1. The second kappa shape index (κ2) is 7.25. The van der Waals surface area contributed by atoms with Crippen LogP contribution in [0.3, 0.4) is 0 Å². The Morgan fingerprint density at radius 2 is 1.76 bits per heavy atom. The van der Waals surface area contributed by atoms with Crippen LogP contribution in [-0.4, -0.2) is 35.8 Å². The van der Waals surface area contributed by atoms with Gasteiger partial charge in [0.1, 0.15) is 11.5 Å². The Labute approximate surface area is 126 Å². The maximum Gasteiger partial charge on any atom is 0.263 e. The first-order chi connectivity index (χ1) is 10.1. The molecule has 0 radical (unpaired) electrons. The lowest BCUT2D eigenvalue weighted by Gasteiger charge is -2.29. The van der Waals surface area contributed by atoms with Gasteiger partial charge in [0.15, 0.2) is 6.10 Å². The van der Waals surface area contributed by atoms with E-state index in [9.17, 15) is 9.59 Å². The Morgan fingerprint density at radius 1 is 1.14 bits per heavy atom. The van der Waals surface area contributed by atoms with Gasteiger partial charge in [-0.1, -0.05) is 12.1 Å². The van der Waals surface area contributed by atoms with Gasteiger partial charge in [0, 0.05) is 19.5 Å². The molecule has 2 rings (SSSR count). The van der Waals surface area contributed by atoms with Gasteiger partial charge in [-0.2, -0.15) is 0 Å². The third-order valence-electron chi connectivity index (χ3n) is 3.70. The second-order valence-corrected chi connectivity index (χ2v) is 5.67. The maximum atomic E-state index is 12.3. The van der Waals surface area contributed by atoms with Gasteiger partial charge in [0.2, 0.25) is 0 Å². The molecule has 0 saturated carbocycles. The quantitative estimate of drug-likeness (QED) is 0.837. The molecule has 0 N–H and O–H groups in total. The van der Waals surface area contributed by atoms with Crippen LogP contribution in [0.25, 0.3) is 0 Å². The predicted octanol–water partition coefficient (Wildman–Crippen LogP) is 2.60. The molecule has 1 aromatic carbocycles. The van der Waals surface area contributed by atoms with E-state index in [2.05, 4.69) is 0 Å². The number of benzene rings is 1. The molecule has 1 amide bonds. The number of piperidine rings is 1. The molecule has 1 aliphatic rings. The summed E-state index contributed by atoms with van der Waals surface area (Å²) in [5, 5.41) is 0. The fraction of sp³-hybridized carbons (Fsp3) is 0.529. The van der Waals surface area contributed by atoms with E-state index in [0.29, 0.717) is 12.2 Å². The van der Waals surface area contributed by atoms with Crippen molar-refractivity contribution in [1.82, 2.24) is 4.90 Å². The third-order valence-corrected chi connectivity index (χ3v) is 3.70. The number of carbonyl (C=O) groups is 2. The summed E-state index contributed by atoms with van der Waals surface area (Å²) >= 11 is 0. The van der Waals surface area contributed by atoms with E-state index in [0.717, 1.165) is 31.5 Å². The lowest BCUT2D eigenvalue weighted by molar-refractivity contribution is -0.138. The van der Waals surface area contributed by atoms with Crippen molar-refractivity contribution in [2.24, 2.45) is 0 Å². The van der Waals surface area contributed by atoms with Gasteiger partial charge in [-0.25, -0.2) is 0 Å². The minimum Gasteiger partial charge on any atom is -0.481 e. The molecule has 0 bridgehead atoms. The molecule has 1 fully saturated rings. The first-order valence-electron chi connectivity index (χ1n) is 7.60. The van der Waals surface area contributed by atoms with Crippen molar-refractivity contribution >= 4 is 11.7 Å². The third kappa shape index (κ3) is 4.59. The molecule has 1 atom stereocenters. The van der Waals surface area contributed by atoms with E-state index >= 15 is 0 Å². The number of hydrogen-bond acceptors (Lipinski definition) is 3. The number of ether oxygens (including phenoxy) is 1. The van der Waals surface area contributed by atoms with E-state index in [4.69, 9.17) is 4.74 Å². The average Bonchev–Trinajstić information content (AvgIpc) is 2.49. The topological polar surface area (TPSA) is 46.6 Å². The summed E-state index contributed by atoms with van der Waals surface area (Å²) in [5.41, 5.74) is 0.963. The zero-order valence-corrected chi connectivity index (χ0v) is 12.8. The summed E-state index contributed by atoms with van der Waals surface area (Å²) in [6.07, 6.45) is 3.33. The van der Waals surface area contributed by atoms with Crippen LogP contribution < -0.4 is 4.74 Å². The zero-order chi connectivity index (χ0) is 15.2. The van der Waals surface area contributed by atoms with Crippen LogP contribution in [0, 0.1) is 0 Å². The molecular formula is C17H23NO3. The standard InChI is InChI=1S/C17H23NO3/c1-13(19)12-15-6-8-16(9-7-15)21-14(2)17(20)18-10-4-3-5-11-18/h6-9,14H,3-5,10-12H2,1-2H3. The van der Waals surface area contributed by atoms with Gasteiger partial charge < -0.3 is 9.64 Å². The number of nitrogens with zero attached hydrogens (tertiary/aromatic N) is 1. The molecule has 21 heavy (non-hydrogen) atoms. The Morgan fingerprint density at radius 3 is 2.33 bits per heavy atom. The molecule has 4 nitrogen and oxygen atoms in total. The van der Waals surface area contributed by atoms with Crippen molar-refractivity contribution in [2.75, 3.05) is 13.1 Å². The lowest BCUT2D eigenvalue weighted by Crippen LogP contribution is -2.43. The van der Waals surface area contributed by atoms with Crippen LogP contribution in [0.2, 0.25) is 0 Å². The first-order valence-corrected chi connectivity index (χ1v) is 7.60. The van der Waals surface area contributed by atoms with Crippen molar-refractivity contribution in [3.63, 3.8) is 0 Å². The van der Waals surface area contributed by atoms with Crippen molar-refractivity contribution in [2.45, 2.75) is 45.6 Å². The number of rotatable bonds is 5. The van der Waals surface area contributed by atoms with Gasteiger partial charge in [-0.3, -0.25) is 9.59 Å². The monoisotopic (exact) mass is 289 g/mol. The molecule has 1 aliphatic heterocycles. The summed E-state index contributed by atoms with van der Waals surface area (Å²) in [5.74, 6) is 0.861. The Kier molecular flexibility index (Phi) is 5.37. The minimum atomic E-state index is -0.471. The van der Waals surface area contributed by atoms with Crippen molar-refractivity contribution < 1.29 is 14.3 Å². The van der Waals surface area contributed by atoms with E-state index in [1.807, 2.05) is 29.2 Å². The predicted molar refractivity (Wildman–Crippen MR) is 81.3 cm³/mol. The molecule has 1 saturated heterocycles. The molecule has 4 heteroatoms. The van der Waals surface area contributed by atoms with Crippen LogP contribution in [0.15, 0.2) is 24.3 Å². The molecular weight excluding hydrogens is 266 g/mol. The summed E-state index contributed by atoms with van der Waals surface area (Å²) < 4.78 is 5.71. The van der Waals surface area contributed by atoms with Crippen LogP contribution in [-0.2, 0) is 16.0 Å². The van der Waals surface area contributed by atoms with Crippen molar-refractivity contribution in [1.29, 1.82) is 0 Å². The normalized spacial score (nSPS) is 16.4. The number of hydrogen-bond donors (Lipinski definition) is 0. The van der Waals surface area contributed by atoms with Crippen LogP contribution in [0.4, 0.5) is 0 Å². The van der Waals surface area contributed by atoms with Gasteiger partial charge in [-0.15, -0.1) is 0 Å².